The summed E-state index contributed by atoms with van der Waals surface area (Å²) >= 11 is 0. The summed E-state index contributed by atoms with van der Waals surface area (Å²) in [5.41, 5.74) is 5.40. The maximum absolute atomic E-state index is 5.40. The first-order valence-electron chi connectivity index (χ1n) is 4.65. The first-order valence-corrected chi connectivity index (χ1v) is 4.65. The quantitative estimate of drug-likeness (QED) is 0.731. The second kappa shape index (κ2) is 5.39. The molecule has 1 aromatic heterocycles. The number of ether oxygens (including phenoxy) is 1. The van der Waals surface area contributed by atoms with Crippen molar-refractivity contribution in [3.05, 3.63) is 12.4 Å². The Labute approximate surface area is 83.7 Å². The number of nitrogens with one attached hydrogen (secondary N) is 1. The fraction of sp³-hybridized carbons (Fsp3) is 0.556. The van der Waals surface area contributed by atoms with Crippen molar-refractivity contribution in [1.29, 1.82) is 0 Å². The van der Waals surface area contributed by atoms with Crippen molar-refractivity contribution in [2.45, 2.75) is 20.0 Å². The Hall–Kier alpha value is -1.36. The van der Waals surface area contributed by atoms with Gasteiger partial charge in [0.2, 0.25) is 0 Å². The molecule has 0 fully saturated rings. The molecule has 0 bridgehead atoms. The summed E-state index contributed by atoms with van der Waals surface area (Å²) in [6, 6.07) is 0. The Morgan fingerprint density at radius 3 is 2.86 bits per heavy atom. The number of hydrogen-bond donors (Lipinski definition) is 2. The van der Waals surface area contributed by atoms with E-state index in [9.17, 15) is 0 Å². The van der Waals surface area contributed by atoms with E-state index < -0.39 is 0 Å². The zero-order valence-corrected chi connectivity index (χ0v) is 8.53. The molecule has 0 aliphatic heterocycles. The fourth-order valence-corrected chi connectivity index (χ4v) is 1.02. The van der Waals surface area contributed by atoms with Crippen LogP contribution in [0, 0.1) is 0 Å². The van der Waals surface area contributed by atoms with Gasteiger partial charge in [-0.05, 0) is 13.8 Å². The molecule has 0 amide bonds. The van der Waals surface area contributed by atoms with Gasteiger partial charge in [-0.15, -0.1) is 0 Å². The van der Waals surface area contributed by atoms with Crippen LogP contribution in [0.25, 0.3) is 0 Å². The number of nitrogens with two attached hydrogens (primary N) is 1. The lowest BCUT2D eigenvalue weighted by molar-refractivity contribution is 0.0855. The van der Waals surface area contributed by atoms with Crippen LogP contribution in [0.4, 0.5) is 11.6 Å². The fourth-order valence-electron chi connectivity index (χ4n) is 1.02. The van der Waals surface area contributed by atoms with Gasteiger partial charge >= 0.3 is 0 Å². The molecule has 0 radical (unpaired) electrons. The van der Waals surface area contributed by atoms with E-state index in [0.29, 0.717) is 18.2 Å². The molecule has 0 saturated carbocycles. The van der Waals surface area contributed by atoms with Crippen LogP contribution in [0.2, 0.25) is 0 Å². The van der Waals surface area contributed by atoms with Crippen LogP contribution in [-0.2, 0) is 4.74 Å². The molecule has 0 aromatic carbocycles. The standard InChI is InChI=1S/C9H16N4O/c1-3-14-7(2)4-12-9-6-11-8(10)5-13-9/h5-7H,3-4H2,1-2H3,(H2,10,11)(H,12,13). The van der Waals surface area contributed by atoms with Crippen LogP contribution in [0.3, 0.4) is 0 Å². The highest BCUT2D eigenvalue weighted by molar-refractivity contribution is 5.35. The molecular weight excluding hydrogens is 180 g/mol. The largest absolute Gasteiger partial charge is 0.382 e. The van der Waals surface area contributed by atoms with Gasteiger partial charge in [-0.25, -0.2) is 9.97 Å². The Kier molecular flexibility index (Phi) is 4.12. The van der Waals surface area contributed by atoms with Crippen molar-refractivity contribution in [3.8, 4) is 0 Å². The average Bonchev–Trinajstić information content (AvgIpc) is 2.17. The van der Waals surface area contributed by atoms with Crippen molar-refractivity contribution in [1.82, 2.24) is 9.97 Å². The van der Waals surface area contributed by atoms with Gasteiger partial charge < -0.3 is 15.8 Å². The summed E-state index contributed by atoms with van der Waals surface area (Å²) in [6.07, 6.45) is 3.29. The van der Waals surface area contributed by atoms with Gasteiger partial charge in [-0.1, -0.05) is 0 Å². The van der Waals surface area contributed by atoms with Crippen LogP contribution in [0.1, 0.15) is 13.8 Å². The number of anilines is 2. The third-order valence-electron chi connectivity index (χ3n) is 1.69. The second-order valence-electron chi connectivity index (χ2n) is 2.97. The Bertz CT molecular complexity index is 262. The van der Waals surface area contributed by atoms with E-state index in [1.165, 1.54) is 6.20 Å². The van der Waals surface area contributed by atoms with Crippen LogP contribution < -0.4 is 11.1 Å². The smallest absolute Gasteiger partial charge is 0.144 e. The number of nitrogens with zero attached hydrogens (tertiary/aromatic N) is 2. The predicted octanol–water partition coefficient (Wildman–Crippen LogP) is 0.896. The van der Waals surface area contributed by atoms with Crippen molar-refractivity contribution < 1.29 is 4.74 Å². The number of nitrogen functional groups attached to an aromatic ring is 1. The van der Waals surface area contributed by atoms with Gasteiger partial charge in [0, 0.05) is 13.2 Å². The molecule has 1 heterocycles. The molecule has 5 nitrogen and oxygen atoms in total. The third-order valence-corrected chi connectivity index (χ3v) is 1.69. The lowest BCUT2D eigenvalue weighted by atomic mass is 10.4. The number of aromatic nitrogens is 2. The number of hydrogen-bond acceptors (Lipinski definition) is 5. The molecular formula is C9H16N4O. The zero-order chi connectivity index (χ0) is 10.4. The van der Waals surface area contributed by atoms with Crippen LogP contribution in [0.15, 0.2) is 12.4 Å². The monoisotopic (exact) mass is 196 g/mol. The van der Waals surface area contributed by atoms with Crippen molar-refractivity contribution in [2.75, 3.05) is 24.2 Å². The van der Waals surface area contributed by atoms with Crippen molar-refractivity contribution in [3.63, 3.8) is 0 Å². The van der Waals surface area contributed by atoms with Gasteiger partial charge in [0.05, 0.1) is 18.5 Å². The second-order valence-corrected chi connectivity index (χ2v) is 2.97. The van der Waals surface area contributed by atoms with E-state index in [4.69, 9.17) is 10.5 Å². The summed E-state index contributed by atoms with van der Waals surface area (Å²) in [4.78, 5) is 7.97. The van der Waals surface area contributed by atoms with E-state index in [1.54, 1.807) is 6.20 Å². The molecule has 1 rings (SSSR count). The van der Waals surface area contributed by atoms with Crippen LogP contribution in [0.5, 0.6) is 0 Å². The summed E-state index contributed by atoms with van der Waals surface area (Å²) in [6.45, 7) is 5.41. The van der Waals surface area contributed by atoms with E-state index in [0.717, 1.165) is 6.61 Å². The summed E-state index contributed by atoms with van der Waals surface area (Å²) in [7, 11) is 0. The van der Waals surface area contributed by atoms with E-state index in [2.05, 4.69) is 15.3 Å². The molecule has 14 heavy (non-hydrogen) atoms. The first-order chi connectivity index (χ1) is 6.72. The van der Waals surface area contributed by atoms with E-state index in [-0.39, 0.29) is 6.10 Å². The molecule has 0 saturated heterocycles. The minimum absolute atomic E-state index is 0.166. The molecule has 5 heteroatoms. The normalized spacial score (nSPS) is 12.4. The highest BCUT2D eigenvalue weighted by Crippen LogP contribution is 2.02. The lowest BCUT2D eigenvalue weighted by Gasteiger charge is -2.12. The Morgan fingerprint density at radius 1 is 1.50 bits per heavy atom. The molecule has 1 unspecified atom stereocenters. The minimum Gasteiger partial charge on any atom is -0.382 e. The Balaban J connectivity index is 2.34. The maximum Gasteiger partial charge on any atom is 0.144 e. The van der Waals surface area contributed by atoms with Crippen molar-refractivity contribution >= 4 is 11.6 Å². The zero-order valence-electron chi connectivity index (χ0n) is 8.53. The molecule has 0 aliphatic rings. The van der Waals surface area contributed by atoms with Gasteiger partial charge in [-0.3, -0.25) is 0 Å². The highest BCUT2D eigenvalue weighted by atomic mass is 16.5. The average molecular weight is 196 g/mol. The molecule has 1 atom stereocenters. The van der Waals surface area contributed by atoms with E-state index >= 15 is 0 Å². The summed E-state index contributed by atoms with van der Waals surface area (Å²) in [5.74, 6) is 1.14. The molecule has 0 spiro atoms. The van der Waals surface area contributed by atoms with Crippen LogP contribution in [-0.4, -0.2) is 29.2 Å². The van der Waals surface area contributed by atoms with E-state index in [1.807, 2.05) is 13.8 Å². The molecule has 1 aromatic rings. The lowest BCUT2D eigenvalue weighted by Crippen LogP contribution is -2.20. The maximum atomic E-state index is 5.40. The van der Waals surface area contributed by atoms with Gasteiger partial charge in [0.1, 0.15) is 11.6 Å². The third kappa shape index (κ3) is 3.57. The minimum atomic E-state index is 0.166. The SMILES string of the molecule is CCOC(C)CNc1cnc(N)cn1. The van der Waals surface area contributed by atoms with Gasteiger partial charge in [-0.2, -0.15) is 0 Å². The summed E-state index contributed by atoms with van der Waals surface area (Å²) in [5, 5.41) is 3.10. The molecule has 0 aliphatic carbocycles. The molecule has 78 valence electrons. The van der Waals surface area contributed by atoms with Gasteiger partial charge in [0.25, 0.3) is 0 Å². The topological polar surface area (TPSA) is 73.1 Å². The van der Waals surface area contributed by atoms with Crippen LogP contribution >= 0.6 is 0 Å². The van der Waals surface area contributed by atoms with Crippen molar-refractivity contribution in [2.24, 2.45) is 0 Å². The Morgan fingerprint density at radius 2 is 2.29 bits per heavy atom. The summed E-state index contributed by atoms with van der Waals surface area (Å²) < 4.78 is 5.35. The van der Waals surface area contributed by atoms with Gasteiger partial charge in [0.15, 0.2) is 0 Å². The number of rotatable bonds is 5. The molecule has 3 N–H and O–H groups in total. The predicted molar refractivity (Wildman–Crippen MR) is 56.0 cm³/mol. The first kappa shape index (κ1) is 10.7. The highest BCUT2D eigenvalue weighted by Gasteiger charge is 2.00.